The molecule has 11 heteroatoms. The van der Waals surface area contributed by atoms with Gasteiger partial charge in [-0.3, -0.25) is 9.59 Å². The van der Waals surface area contributed by atoms with Gasteiger partial charge >= 0.3 is 0 Å². The number of carbonyl (C=O) groups excluding carboxylic acids is 2. The molecule has 3 aromatic rings. The van der Waals surface area contributed by atoms with Crippen molar-refractivity contribution < 1.29 is 23.1 Å². The number of aromatic nitrogens is 2. The van der Waals surface area contributed by atoms with E-state index in [-0.39, 0.29) is 40.3 Å². The summed E-state index contributed by atoms with van der Waals surface area (Å²) in [7, 11) is 1.41. The lowest BCUT2D eigenvalue weighted by atomic mass is 10.0. The Bertz CT molecular complexity index is 1580. The summed E-state index contributed by atoms with van der Waals surface area (Å²) in [6.45, 7) is 10.3. The number of ether oxygens (including phenoxy) is 1. The number of amides is 2. The fraction of sp³-hybridized carbons (Fsp3) is 0.324. The molecule has 0 spiro atoms. The van der Waals surface area contributed by atoms with Crippen molar-refractivity contribution in [1.82, 2.24) is 14.9 Å². The van der Waals surface area contributed by atoms with Crippen LogP contribution in [0.4, 0.5) is 20.3 Å². The minimum Gasteiger partial charge on any atom is -0.491 e. The van der Waals surface area contributed by atoms with Gasteiger partial charge in [-0.2, -0.15) is 5.26 Å². The van der Waals surface area contributed by atoms with Crippen LogP contribution < -0.4 is 15.8 Å². The monoisotopic (exact) mass is 616 g/mol. The number of nitrogens with two attached hydrogens (primary N) is 1. The standard InChI is InChI=1S/C22H20F2N4O2.C8H10N2O.C2H6.C2H2/c1-11-16(19-20(30-2)21(25)27-10-26-19)8-14(23)9-18(11)28-22(29)15-6-5-13(7-17(15)24)12-3-4-12;1-2-8(11)10-4-3-7(5-9)6-10;2*1-2/h5-10,12H,3-4H2,1-2H3,(H,28,29)(H2,25,26,27);2,7H,1,3-4,6H2;1-2H3;1-2H/t;7-;;/m.0../s1. The summed E-state index contributed by atoms with van der Waals surface area (Å²) in [6, 6.07) is 9.19. The van der Waals surface area contributed by atoms with Crippen LogP contribution in [0.25, 0.3) is 11.3 Å². The molecule has 9 nitrogen and oxygen atoms in total. The van der Waals surface area contributed by atoms with Gasteiger partial charge in [0.1, 0.15) is 23.7 Å². The van der Waals surface area contributed by atoms with Crippen LogP contribution in [-0.2, 0) is 4.79 Å². The fourth-order valence-electron chi connectivity index (χ4n) is 4.61. The highest BCUT2D eigenvalue weighted by molar-refractivity contribution is 6.05. The zero-order chi connectivity index (χ0) is 33.7. The molecule has 0 unspecified atom stereocenters. The van der Waals surface area contributed by atoms with E-state index >= 15 is 0 Å². The normalized spacial score (nSPS) is 14.6. The number of nitriles is 1. The number of terminal acetylenes is 1. The number of halogens is 2. The molecule has 1 saturated carbocycles. The van der Waals surface area contributed by atoms with Crippen molar-refractivity contribution in [3.8, 4) is 35.9 Å². The van der Waals surface area contributed by atoms with Gasteiger partial charge in [0.05, 0.1) is 24.7 Å². The van der Waals surface area contributed by atoms with Crippen LogP contribution in [0, 0.1) is 48.7 Å². The predicted octanol–water partition coefficient (Wildman–Crippen LogP) is 6.27. The van der Waals surface area contributed by atoms with E-state index in [2.05, 4.69) is 40.8 Å². The van der Waals surface area contributed by atoms with E-state index < -0.39 is 17.5 Å². The first-order chi connectivity index (χ1) is 21.7. The van der Waals surface area contributed by atoms with Gasteiger partial charge < -0.3 is 20.7 Å². The molecule has 5 rings (SSSR count). The Balaban J connectivity index is 0.000000394. The van der Waals surface area contributed by atoms with Crippen molar-refractivity contribution in [1.29, 1.82) is 5.26 Å². The Morgan fingerprint density at radius 1 is 1.18 bits per heavy atom. The van der Waals surface area contributed by atoms with Gasteiger partial charge in [0.25, 0.3) is 5.91 Å². The summed E-state index contributed by atoms with van der Waals surface area (Å²) in [5.41, 5.74) is 8.00. The summed E-state index contributed by atoms with van der Waals surface area (Å²) >= 11 is 0. The molecule has 236 valence electrons. The van der Waals surface area contributed by atoms with Gasteiger partial charge in [-0.05, 0) is 73.6 Å². The second-order valence-electron chi connectivity index (χ2n) is 9.84. The third-order valence-corrected chi connectivity index (χ3v) is 7.05. The van der Waals surface area contributed by atoms with Crippen molar-refractivity contribution >= 4 is 23.3 Å². The van der Waals surface area contributed by atoms with Gasteiger partial charge in [-0.15, -0.1) is 12.8 Å². The smallest absolute Gasteiger partial charge is 0.258 e. The molecule has 45 heavy (non-hydrogen) atoms. The highest BCUT2D eigenvalue weighted by Crippen LogP contribution is 2.40. The van der Waals surface area contributed by atoms with Crippen molar-refractivity contribution in [3.05, 3.63) is 77.6 Å². The summed E-state index contributed by atoms with van der Waals surface area (Å²) in [5.74, 6) is -1.23. The molecule has 0 radical (unpaired) electrons. The number of nitrogen functional groups attached to an aromatic ring is 1. The number of hydrogen-bond donors (Lipinski definition) is 2. The first-order valence-corrected chi connectivity index (χ1v) is 14.4. The van der Waals surface area contributed by atoms with E-state index in [1.807, 2.05) is 13.8 Å². The molecule has 1 aromatic heterocycles. The molecule has 1 aliphatic carbocycles. The van der Waals surface area contributed by atoms with Crippen molar-refractivity contribution in [3.63, 3.8) is 0 Å². The highest BCUT2D eigenvalue weighted by Gasteiger charge is 2.26. The first-order valence-electron chi connectivity index (χ1n) is 14.4. The Morgan fingerprint density at radius 3 is 2.42 bits per heavy atom. The topological polar surface area (TPSA) is 134 Å². The van der Waals surface area contributed by atoms with Crippen LogP contribution in [-0.4, -0.2) is 46.9 Å². The van der Waals surface area contributed by atoms with Crippen LogP contribution in [0.2, 0.25) is 0 Å². The van der Waals surface area contributed by atoms with Gasteiger partial charge in [0.2, 0.25) is 5.91 Å². The number of likely N-dealkylation sites (tertiary alicyclic amines) is 1. The number of nitrogens with zero attached hydrogens (tertiary/aromatic N) is 4. The van der Waals surface area contributed by atoms with E-state index in [0.29, 0.717) is 30.1 Å². The lowest BCUT2D eigenvalue weighted by Gasteiger charge is -2.15. The molecular weight excluding hydrogens is 578 g/mol. The maximum atomic E-state index is 14.5. The molecule has 2 aliphatic rings. The average Bonchev–Trinajstić information content (AvgIpc) is 3.80. The van der Waals surface area contributed by atoms with Gasteiger partial charge in [0, 0.05) is 24.3 Å². The molecule has 2 aromatic carbocycles. The van der Waals surface area contributed by atoms with Crippen LogP contribution in [0.15, 0.2) is 49.3 Å². The van der Waals surface area contributed by atoms with Crippen molar-refractivity contribution in [2.75, 3.05) is 31.2 Å². The van der Waals surface area contributed by atoms with Crippen LogP contribution in [0.1, 0.15) is 60.5 Å². The van der Waals surface area contributed by atoms with E-state index in [4.69, 9.17) is 15.7 Å². The maximum Gasteiger partial charge on any atom is 0.258 e. The number of rotatable bonds is 6. The number of benzene rings is 2. The summed E-state index contributed by atoms with van der Waals surface area (Å²) < 4.78 is 34.1. The Morgan fingerprint density at radius 2 is 1.87 bits per heavy atom. The molecule has 3 N–H and O–H groups in total. The lowest BCUT2D eigenvalue weighted by molar-refractivity contribution is -0.125. The molecule has 2 amide bonds. The summed E-state index contributed by atoms with van der Waals surface area (Å²) in [4.78, 5) is 33.3. The Kier molecular flexibility index (Phi) is 13.7. The predicted molar refractivity (Wildman–Crippen MR) is 171 cm³/mol. The number of methoxy groups -OCH3 is 1. The zero-order valence-electron chi connectivity index (χ0n) is 25.9. The second kappa shape index (κ2) is 17.1. The molecule has 1 atom stereocenters. The quantitative estimate of drug-likeness (QED) is 0.246. The molecule has 0 bridgehead atoms. The molecule has 1 saturated heterocycles. The maximum absolute atomic E-state index is 14.5. The minimum atomic E-state index is -0.663. The van der Waals surface area contributed by atoms with Crippen LogP contribution in [0.3, 0.4) is 0 Å². The highest BCUT2D eigenvalue weighted by atomic mass is 19.1. The van der Waals surface area contributed by atoms with Gasteiger partial charge in [0.15, 0.2) is 11.6 Å². The van der Waals surface area contributed by atoms with E-state index in [1.165, 1.54) is 43.8 Å². The Hall–Kier alpha value is -5.29. The van der Waals surface area contributed by atoms with Gasteiger partial charge in [-0.25, -0.2) is 18.7 Å². The molecule has 1 aliphatic heterocycles. The first kappa shape index (κ1) is 35.9. The summed E-state index contributed by atoms with van der Waals surface area (Å²) in [5, 5.41) is 11.1. The van der Waals surface area contributed by atoms with E-state index in [0.717, 1.165) is 24.8 Å². The average molecular weight is 617 g/mol. The third-order valence-electron chi connectivity index (χ3n) is 7.05. The van der Waals surface area contributed by atoms with Crippen LogP contribution in [0.5, 0.6) is 5.75 Å². The SMILES string of the molecule is C#C.C=CC(=O)N1CC[C@@H](C#N)C1.CC.COc1c(N)ncnc1-c1cc(F)cc(NC(=O)c2ccc(C3CC3)cc2F)c1C. The van der Waals surface area contributed by atoms with Crippen LogP contribution >= 0.6 is 0 Å². The largest absolute Gasteiger partial charge is 0.491 e. The third kappa shape index (κ3) is 9.10. The minimum absolute atomic E-state index is 0.0268. The Labute approximate surface area is 263 Å². The lowest BCUT2D eigenvalue weighted by Crippen LogP contribution is -2.26. The van der Waals surface area contributed by atoms with E-state index in [1.54, 1.807) is 17.9 Å². The number of carbonyl (C=O) groups is 2. The summed E-state index contributed by atoms with van der Waals surface area (Å²) in [6.07, 6.45) is 13.4. The van der Waals surface area contributed by atoms with Gasteiger partial charge in [-0.1, -0.05) is 26.5 Å². The zero-order valence-corrected chi connectivity index (χ0v) is 25.9. The molecule has 2 heterocycles. The van der Waals surface area contributed by atoms with Crippen molar-refractivity contribution in [2.45, 2.75) is 46.0 Å². The number of anilines is 2. The molecular formula is C34H38F2N6O3. The van der Waals surface area contributed by atoms with Crippen molar-refractivity contribution in [2.24, 2.45) is 5.92 Å². The van der Waals surface area contributed by atoms with E-state index in [9.17, 15) is 18.4 Å². The molecule has 2 fully saturated rings. The fourth-order valence-corrected chi connectivity index (χ4v) is 4.61. The number of hydrogen-bond acceptors (Lipinski definition) is 7. The number of nitrogens with one attached hydrogen (secondary N) is 1. The second-order valence-corrected chi connectivity index (χ2v) is 9.84.